The Bertz CT molecular complexity index is 322. The molecule has 0 saturated heterocycles. The lowest BCUT2D eigenvalue weighted by Crippen LogP contribution is -2.19. The number of aromatic nitrogens is 1. The molecule has 3 heteroatoms. The Morgan fingerprint density at radius 2 is 2.07 bits per heavy atom. The minimum absolute atomic E-state index is 0.437. The summed E-state index contributed by atoms with van der Waals surface area (Å²) in [6.07, 6.45) is 5.56. The average Bonchev–Trinajstić information content (AvgIpc) is 2.71. The highest BCUT2D eigenvalue weighted by Gasteiger charge is 2.09. The van der Waals surface area contributed by atoms with Crippen LogP contribution in [-0.4, -0.2) is 23.2 Å². The second-order valence-corrected chi connectivity index (χ2v) is 3.50. The third-order valence-corrected chi connectivity index (χ3v) is 2.40. The van der Waals surface area contributed by atoms with Crippen LogP contribution in [0.5, 0.6) is 0 Å². The third kappa shape index (κ3) is 1.77. The van der Waals surface area contributed by atoms with Crippen molar-refractivity contribution in [2.45, 2.75) is 13.0 Å². The van der Waals surface area contributed by atoms with Gasteiger partial charge in [-0.25, -0.2) is 4.98 Å². The molecular weight excluding hydrogens is 176 g/mol. The Morgan fingerprint density at radius 3 is 2.57 bits per heavy atom. The summed E-state index contributed by atoms with van der Waals surface area (Å²) >= 11 is 0. The first kappa shape index (κ1) is 9.21. The maximum Gasteiger partial charge on any atom is 0.129 e. The van der Waals surface area contributed by atoms with E-state index in [0.29, 0.717) is 0 Å². The normalized spacial score (nSPS) is 17.4. The molecule has 0 saturated carbocycles. The molecule has 0 bridgehead atoms. The summed E-state index contributed by atoms with van der Waals surface area (Å²) < 4.78 is 0. The van der Waals surface area contributed by atoms with E-state index in [1.807, 2.05) is 12.1 Å². The topological polar surface area (TPSA) is 36.4 Å². The van der Waals surface area contributed by atoms with Crippen molar-refractivity contribution in [3.63, 3.8) is 0 Å². The Morgan fingerprint density at radius 1 is 1.36 bits per heavy atom. The Hall–Kier alpha value is -1.35. The summed E-state index contributed by atoms with van der Waals surface area (Å²) in [6, 6.07) is 3.88. The molecule has 74 valence electrons. The third-order valence-electron chi connectivity index (χ3n) is 2.40. The van der Waals surface area contributed by atoms with E-state index in [1.54, 1.807) is 13.1 Å². The van der Waals surface area contributed by atoms with E-state index in [4.69, 9.17) is 0 Å². The van der Waals surface area contributed by atoms with Crippen LogP contribution in [0.1, 0.15) is 18.6 Å². The van der Waals surface area contributed by atoms with Gasteiger partial charge < -0.3 is 10.0 Å². The predicted octanol–water partition coefficient (Wildman–Crippen LogP) is 1.51. The van der Waals surface area contributed by atoms with Crippen molar-refractivity contribution in [1.82, 2.24) is 4.98 Å². The van der Waals surface area contributed by atoms with Gasteiger partial charge in [0.05, 0.1) is 6.10 Å². The maximum absolute atomic E-state index is 9.31. The number of rotatable bonds is 2. The Labute approximate surface area is 83.7 Å². The number of anilines is 1. The summed E-state index contributed by atoms with van der Waals surface area (Å²) in [7, 11) is 0. The average molecular weight is 190 g/mol. The van der Waals surface area contributed by atoms with Crippen molar-refractivity contribution in [3.05, 3.63) is 36.0 Å². The number of aliphatic hydroxyl groups is 1. The molecule has 0 amide bonds. The zero-order chi connectivity index (χ0) is 9.97. The first-order valence-corrected chi connectivity index (χ1v) is 4.81. The minimum atomic E-state index is -0.437. The SMILES string of the molecule is C[C@H](O)c1ccc(N2CC=CC2)nc1. The zero-order valence-electron chi connectivity index (χ0n) is 8.22. The molecule has 1 aromatic rings. The summed E-state index contributed by atoms with van der Waals surface area (Å²) in [5, 5.41) is 9.31. The molecular formula is C11H14N2O. The van der Waals surface area contributed by atoms with Gasteiger partial charge in [-0.15, -0.1) is 0 Å². The minimum Gasteiger partial charge on any atom is -0.389 e. The maximum atomic E-state index is 9.31. The van der Waals surface area contributed by atoms with E-state index in [1.165, 1.54) is 0 Å². The molecule has 3 nitrogen and oxygen atoms in total. The van der Waals surface area contributed by atoms with E-state index < -0.39 is 6.10 Å². The molecule has 1 aromatic heterocycles. The van der Waals surface area contributed by atoms with Crippen LogP contribution in [0, 0.1) is 0 Å². The molecule has 14 heavy (non-hydrogen) atoms. The molecule has 1 aliphatic heterocycles. The molecule has 2 rings (SSSR count). The van der Waals surface area contributed by atoms with Crippen LogP contribution in [0.25, 0.3) is 0 Å². The van der Waals surface area contributed by atoms with E-state index in [0.717, 1.165) is 24.5 Å². The Balaban J connectivity index is 2.13. The van der Waals surface area contributed by atoms with Crippen LogP contribution >= 0.6 is 0 Å². The fourth-order valence-corrected chi connectivity index (χ4v) is 1.50. The van der Waals surface area contributed by atoms with Crippen molar-refractivity contribution in [2.75, 3.05) is 18.0 Å². The lowest BCUT2D eigenvalue weighted by molar-refractivity contribution is 0.199. The van der Waals surface area contributed by atoms with Crippen molar-refractivity contribution in [1.29, 1.82) is 0 Å². The van der Waals surface area contributed by atoms with E-state index in [-0.39, 0.29) is 0 Å². The van der Waals surface area contributed by atoms with Gasteiger partial charge in [0, 0.05) is 19.3 Å². The number of aliphatic hydroxyl groups excluding tert-OH is 1. The molecule has 1 atom stereocenters. The van der Waals surface area contributed by atoms with E-state index >= 15 is 0 Å². The number of pyridine rings is 1. The summed E-state index contributed by atoms with van der Waals surface area (Å²) in [6.45, 7) is 3.61. The van der Waals surface area contributed by atoms with Gasteiger partial charge in [0.25, 0.3) is 0 Å². The van der Waals surface area contributed by atoms with Gasteiger partial charge >= 0.3 is 0 Å². The molecule has 0 aromatic carbocycles. The first-order chi connectivity index (χ1) is 6.77. The molecule has 0 fully saturated rings. The standard InChI is InChI=1S/C11H14N2O/c1-9(14)10-4-5-11(12-8-10)13-6-2-3-7-13/h2-5,8-9,14H,6-7H2,1H3/t9-/m0/s1. The van der Waals surface area contributed by atoms with Crippen LogP contribution in [0.3, 0.4) is 0 Å². The van der Waals surface area contributed by atoms with Crippen molar-refractivity contribution in [3.8, 4) is 0 Å². The van der Waals surface area contributed by atoms with Crippen molar-refractivity contribution in [2.24, 2.45) is 0 Å². The van der Waals surface area contributed by atoms with Gasteiger partial charge in [0.1, 0.15) is 5.82 Å². The van der Waals surface area contributed by atoms with Gasteiger partial charge in [-0.1, -0.05) is 18.2 Å². The highest BCUT2D eigenvalue weighted by Crippen LogP contribution is 2.17. The quantitative estimate of drug-likeness (QED) is 0.718. The second kappa shape index (κ2) is 3.80. The molecule has 0 radical (unpaired) electrons. The molecule has 0 spiro atoms. The van der Waals surface area contributed by atoms with E-state index in [2.05, 4.69) is 22.0 Å². The summed E-state index contributed by atoms with van der Waals surface area (Å²) in [5.41, 5.74) is 0.862. The van der Waals surface area contributed by atoms with Gasteiger partial charge in [0.2, 0.25) is 0 Å². The molecule has 2 heterocycles. The van der Waals surface area contributed by atoms with Gasteiger partial charge in [-0.05, 0) is 18.6 Å². The fraction of sp³-hybridized carbons (Fsp3) is 0.364. The number of nitrogens with zero attached hydrogens (tertiary/aromatic N) is 2. The fourth-order valence-electron chi connectivity index (χ4n) is 1.50. The molecule has 1 aliphatic rings. The molecule has 0 unspecified atom stereocenters. The van der Waals surface area contributed by atoms with Crippen LogP contribution in [-0.2, 0) is 0 Å². The Kier molecular flexibility index (Phi) is 2.50. The molecule has 0 aliphatic carbocycles. The second-order valence-electron chi connectivity index (χ2n) is 3.50. The van der Waals surface area contributed by atoms with Crippen molar-refractivity contribution < 1.29 is 5.11 Å². The smallest absolute Gasteiger partial charge is 0.129 e. The highest BCUT2D eigenvalue weighted by molar-refractivity contribution is 5.43. The largest absolute Gasteiger partial charge is 0.389 e. The van der Waals surface area contributed by atoms with Gasteiger partial charge in [0.15, 0.2) is 0 Å². The van der Waals surface area contributed by atoms with Crippen LogP contribution in [0.4, 0.5) is 5.82 Å². The van der Waals surface area contributed by atoms with E-state index in [9.17, 15) is 5.11 Å². The highest BCUT2D eigenvalue weighted by atomic mass is 16.3. The molecule has 1 N–H and O–H groups in total. The first-order valence-electron chi connectivity index (χ1n) is 4.81. The lowest BCUT2D eigenvalue weighted by atomic mass is 10.2. The predicted molar refractivity (Wildman–Crippen MR) is 56.2 cm³/mol. The lowest BCUT2D eigenvalue weighted by Gasteiger charge is -2.16. The summed E-state index contributed by atoms with van der Waals surface area (Å²) in [4.78, 5) is 6.48. The van der Waals surface area contributed by atoms with Gasteiger partial charge in [-0.2, -0.15) is 0 Å². The van der Waals surface area contributed by atoms with Crippen LogP contribution < -0.4 is 4.90 Å². The zero-order valence-corrected chi connectivity index (χ0v) is 8.22. The number of hydrogen-bond donors (Lipinski definition) is 1. The van der Waals surface area contributed by atoms with Crippen molar-refractivity contribution >= 4 is 5.82 Å². The number of hydrogen-bond acceptors (Lipinski definition) is 3. The van der Waals surface area contributed by atoms with Crippen LogP contribution in [0.15, 0.2) is 30.5 Å². The summed E-state index contributed by atoms with van der Waals surface area (Å²) in [5.74, 6) is 0.972. The van der Waals surface area contributed by atoms with Crippen LogP contribution in [0.2, 0.25) is 0 Å². The van der Waals surface area contributed by atoms with Gasteiger partial charge in [-0.3, -0.25) is 0 Å². The monoisotopic (exact) mass is 190 g/mol.